The van der Waals surface area contributed by atoms with Crippen LogP contribution in [0, 0.1) is 0 Å². The van der Waals surface area contributed by atoms with Gasteiger partial charge in [0.25, 0.3) is 0 Å². The average molecular weight is 574 g/mol. The molecule has 0 atom stereocenters. The fraction of sp³-hybridized carbons (Fsp3) is 0. The van der Waals surface area contributed by atoms with Gasteiger partial charge in [-0.15, -0.1) is 11.3 Å². The van der Waals surface area contributed by atoms with Crippen molar-refractivity contribution >= 4 is 107 Å². The average Bonchev–Trinajstić information content (AvgIpc) is 3.62. The number of rotatable bonds is 1. The summed E-state index contributed by atoms with van der Waals surface area (Å²) in [6.45, 7) is 0. The molecule has 0 saturated carbocycles. The topological polar surface area (TPSA) is 4.93 Å². The van der Waals surface area contributed by atoms with Crippen LogP contribution in [-0.2, 0) is 0 Å². The number of fused-ring (bicyclic) bond motifs is 11. The van der Waals surface area contributed by atoms with E-state index >= 15 is 0 Å². The molecule has 0 spiro atoms. The fourth-order valence-electron chi connectivity index (χ4n) is 8.17. The number of para-hydroxylation sites is 1. The van der Waals surface area contributed by atoms with E-state index in [1.54, 1.807) is 0 Å². The minimum absolute atomic E-state index is 1.22. The van der Waals surface area contributed by atoms with Crippen molar-refractivity contribution in [3.05, 3.63) is 140 Å². The highest BCUT2D eigenvalue weighted by Crippen LogP contribution is 2.49. The number of benzene rings is 9. The predicted octanol–water partition coefficient (Wildman–Crippen LogP) is 12.4. The first-order chi connectivity index (χ1) is 21.8. The second-order valence-corrected chi connectivity index (χ2v) is 13.1. The zero-order valence-corrected chi connectivity index (χ0v) is 24.5. The van der Waals surface area contributed by atoms with Crippen molar-refractivity contribution in [1.29, 1.82) is 0 Å². The summed E-state index contributed by atoms with van der Waals surface area (Å²) in [4.78, 5) is 0. The molecular formula is C42H23NS. The Bertz CT molecular complexity index is 2990. The maximum absolute atomic E-state index is 2.51. The van der Waals surface area contributed by atoms with E-state index in [9.17, 15) is 0 Å². The van der Waals surface area contributed by atoms with E-state index in [4.69, 9.17) is 0 Å². The molecule has 0 bridgehead atoms. The second-order valence-electron chi connectivity index (χ2n) is 12.0. The van der Waals surface area contributed by atoms with Gasteiger partial charge in [-0.1, -0.05) is 109 Å². The second kappa shape index (κ2) is 8.13. The van der Waals surface area contributed by atoms with Crippen LogP contribution in [-0.4, -0.2) is 4.57 Å². The smallest absolute Gasteiger partial charge is 0.0554 e. The Morgan fingerprint density at radius 2 is 0.932 bits per heavy atom. The normalized spacial score (nSPS) is 12.5. The molecule has 0 unspecified atom stereocenters. The Balaban J connectivity index is 1.43. The Hall–Kier alpha value is -5.44. The zero-order chi connectivity index (χ0) is 28.5. The molecule has 2 heterocycles. The van der Waals surface area contributed by atoms with E-state index in [0.717, 1.165) is 0 Å². The van der Waals surface area contributed by atoms with Gasteiger partial charge >= 0.3 is 0 Å². The highest BCUT2D eigenvalue weighted by molar-refractivity contribution is 7.26. The van der Waals surface area contributed by atoms with Gasteiger partial charge in [0.05, 0.1) is 16.7 Å². The Kier molecular flexibility index (Phi) is 4.26. The molecule has 0 saturated heterocycles. The molecule has 44 heavy (non-hydrogen) atoms. The molecule has 0 radical (unpaired) electrons. The summed E-state index contributed by atoms with van der Waals surface area (Å²) in [6.07, 6.45) is 0. The van der Waals surface area contributed by atoms with Crippen molar-refractivity contribution in [2.75, 3.05) is 0 Å². The van der Waals surface area contributed by atoms with Crippen molar-refractivity contribution in [3.8, 4) is 5.69 Å². The molecule has 1 nitrogen and oxygen atoms in total. The summed E-state index contributed by atoms with van der Waals surface area (Å²) in [5, 5.41) is 18.6. The summed E-state index contributed by atoms with van der Waals surface area (Å²) >= 11 is 1.91. The molecular weight excluding hydrogens is 551 g/mol. The Morgan fingerprint density at radius 3 is 1.77 bits per heavy atom. The molecule has 9 aromatic carbocycles. The maximum Gasteiger partial charge on any atom is 0.0554 e. The molecule has 11 aromatic rings. The molecule has 11 rings (SSSR count). The molecule has 0 N–H and O–H groups in total. The SMILES string of the molecule is c1ccc2c(-n3c4ccccc4c4c5cccc6c7cccc8c9c(cc(c(cc43)c65)c78)sc3ccccc39)cccc2c1. The number of hydrogen-bond donors (Lipinski definition) is 0. The first-order valence-corrected chi connectivity index (χ1v) is 16.0. The molecule has 2 heteroatoms. The van der Waals surface area contributed by atoms with Crippen molar-refractivity contribution < 1.29 is 0 Å². The first-order valence-electron chi connectivity index (χ1n) is 15.2. The third-order valence-corrected chi connectivity index (χ3v) is 11.0. The summed E-state index contributed by atoms with van der Waals surface area (Å²) in [5.74, 6) is 0. The number of nitrogens with zero attached hydrogens (tertiary/aromatic N) is 1. The van der Waals surface area contributed by atoms with E-state index in [2.05, 4.69) is 144 Å². The quantitative estimate of drug-likeness (QED) is 0.136. The minimum atomic E-state index is 1.22. The summed E-state index contributed by atoms with van der Waals surface area (Å²) in [7, 11) is 0. The molecule has 0 aliphatic carbocycles. The molecule has 0 fully saturated rings. The van der Waals surface area contributed by atoms with Crippen LogP contribution in [0.4, 0.5) is 0 Å². The third kappa shape index (κ3) is 2.75. The van der Waals surface area contributed by atoms with Crippen molar-refractivity contribution in [3.63, 3.8) is 0 Å². The highest BCUT2D eigenvalue weighted by atomic mass is 32.1. The van der Waals surface area contributed by atoms with Crippen LogP contribution in [0.3, 0.4) is 0 Å². The van der Waals surface area contributed by atoms with Crippen LogP contribution in [0.2, 0.25) is 0 Å². The largest absolute Gasteiger partial charge is 0.309 e. The highest BCUT2D eigenvalue weighted by Gasteiger charge is 2.22. The van der Waals surface area contributed by atoms with Crippen LogP contribution in [0.1, 0.15) is 0 Å². The third-order valence-electron chi connectivity index (χ3n) is 9.88. The number of thiophene rings is 1. The van der Waals surface area contributed by atoms with Crippen LogP contribution in [0.15, 0.2) is 140 Å². The van der Waals surface area contributed by atoms with Gasteiger partial charge in [0, 0.05) is 36.3 Å². The molecule has 202 valence electrons. The molecule has 2 aromatic heterocycles. The zero-order valence-electron chi connectivity index (χ0n) is 23.6. The van der Waals surface area contributed by atoms with Gasteiger partial charge in [-0.25, -0.2) is 0 Å². The molecule has 0 aliphatic rings. The lowest BCUT2D eigenvalue weighted by molar-refractivity contribution is 1.20. The van der Waals surface area contributed by atoms with Gasteiger partial charge in [0.1, 0.15) is 0 Å². The standard InChI is InChI=1S/C42H23NS/c1-2-12-25-24(10-1)11-7-20-34(25)43-35-19-5-3-13-28(35)41-30-17-8-15-26-27-16-9-18-31-40(27)33(32(39(26)30)22-36(41)43)23-38-42(31)29-14-4-6-21-37(29)44-38/h1-23H. The summed E-state index contributed by atoms with van der Waals surface area (Å²) < 4.78 is 5.21. The van der Waals surface area contributed by atoms with Gasteiger partial charge in [-0.05, 0) is 78.8 Å². The lowest BCUT2D eigenvalue weighted by Crippen LogP contribution is -1.95. The van der Waals surface area contributed by atoms with Gasteiger partial charge in [-0.3, -0.25) is 0 Å². The van der Waals surface area contributed by atoms with Crippen molar-refractivity contribution in [2.24, 2.45) is 0 Å². The van der Waals surface area contributed by atoms with Gasteiger partial charge < -0.3 is 4.57 Å². The Morgan fingerprint density at radius 1 is 0.341 bits per heavy atom. The van der Waals surface area contributed by atoms with Gasteiger partial charge in [-0.2, -0.15) is 0 Å². The van der Waals surface area contributed by atoms with E-state index in [1.807, 2.05) is 11.3 Å². The molecule has 0 aliphatic heterocycles. The van der Waals surface area contributed by atoms with Gasteiger partial charge in [0.15, 0.2) is 0 Å². The lowest BCUT2D eigenvalue weighted by Gasteiger charge is -2.17. The van der Waals surface area contributed by atoms with Crippen LogP contribution < -0.4 is 0 Å². The maximum atomic E-state index is 2.51. The Labute approximate surface area is 256 Å². The predicted molar refractivity (Wildman–Crippen MR) is 192 cm³/mol. The number of hydrogen-bond acceptors (Lipinski definition) is 1. The van der Waals surface area contributed by atoms with Gasteiger partial charge in [0.2, 0.25) is 0 Å². The van der Waals surface area contributed by atoms with E-state index < -0.39 is 0 Å². The van der Waals surface area contributed by atoms with E-state index in [-0.39, 0.29) is 0 Å². The van der Waals surface area contributed by atoms with Crippen LogP contribution in [0.5, 0.6) is 0 Å². The number of aromatic nitrogens is 1. The van der Waals surface area contributed by atoms with E-state index in [0.29, 0.717) is 0 Å². The lowest BCUT2D eigenvalue weighted by atomic mass is 9.87. The van der Waals surface area contributed by atoms with Crippen molar-refractivity contribution in [2.45, 2.75) is 0 Å². The fourth-order valence-corrected chi connectivity index (χ4v) is 9.34. The minimum Gasteiger partial charge on any atom is -0.309 e. The first kappa shape index (κ1) is 23.1. The van der Waals surface area contributed by atoms with Crippen LogP contribution >= 0.6 is 11.3 Å². The van der Waals surface area contributed by atoms with Crippen LogP contribution in [0.25, 0.3) is 102 Å². The van der Waals surface area contributed by atoms with E-state index in [1.165, 1.54) is 102 Å². The summed E-state index contributed by atoms with van der Waals surface area (Å²) in [5.41, 5.74) is 3.72. The molecule has 0 amide bonds. The summed E-state index contributed by atoms with van der Waals surface area (Å²) in [6, 6.07) is 52.0. The monoisotopic (exact) mass is 573 g/mol. The van der Waals surface area contributed by atoms with Crippen molar-refractivity contribution in [1.82, 2.24) is 4.57 Å².